The van der Waals surface area contributed by atoms with Gasteiger partial charge in [-0.3, -0.25) is 4.79 Å². The van der Waals surface area contributed by atoms with Gasteiger partial charge < -0.3 is 15.0 Å². The van der Waals surface area contributed by atoms with Crippen LogP contribution in [0, 0.1) is 12.8 Å². The highest BCUT2D eigenvalue weighted by molar-refractivity contribution is 5.85. The number of aryl methyl sites for hydroxylation is 1. The highest BCUT2D eigenvalue weighted by atomic mass is 35.5. The minimum atomic E-state index is 0. The number of hydrogen-bond acceptors (Lipinski definition) is 3. The van der Waals surface area contributed by atoms with E-state index in [9.17, 15) is 4.79 Å². The molecule has 0 bridgehead atoms. The maximum atomic E-state index is 12.1. The van der Waals surface area contributed by atoms with Crippen molar-refractivity contribution in [2.45, 2.75) is 26.2 Å². The topological polar surface area (TPSA) is 41.6 Å². The zero-order valence-electron chi connectivity index (χ0n) is 13.5. The lowest BCUT2D eigenvalue weighted by atomic mass is 9.93. The van der Waals surface area contributed by atoms with Gasteiger partial charge in [-0.05, 0) is 57.8 Å². The third-order valence-electron chi connectivity index (χ3n) is 4.15. The number of piperidine rings is 1. The lowest BCUT2D eigenvalue weighted by molar-refractivity contribution is -0.134. The SMILES string of the molecule is CNCCC1CCN(C(=O)COc2ccc(C)cc2)CC1.Cl. The van der Waals surface area contributed by atoms with Gasteiger partial charge in [-0.25, -0.2) is 0 Å². The fraction of sp³-hybridized carbons (Fsp3) is 0.588. The van der Waals surface area contributed by atoms with Gasteiger partial charge in [-0.15, -0.1) is 12.4 Å². The first kappa shape index (κ1) is 18.8. The lowest BCUT2D eigenvalue weighted by Crippen LogP contribution is -2.41. The molecule has 0 saturated carbocycles. The first-order chi connectivity index (χ1) is 10.2. The van der Waals surface area contributed by atoms with Crippen molar-refractivity contribution in [1.29, 1.82) is 0 Å². The van der Waals surface area contributed by atoms with Crippen LogP contribution in [0.5, 0.6) is 5.75 Å². The number of benzene rings is 1. The Morgan fingerprint density at radius 1 is 1.27 bits per heavy atom. The summed E-state index contributed by atoms with van der Waals surface area (Å²) in [6, 6.07) is 7.80. The Kier molecular flexibility index (Phi) is 8.28. The fourth-order valence-electron chi connectivity index (χ4n) is 2.69. The maximum absolute atomic E-state index is 12.1. The summed E-state index contributed by atoms with van der Waals surface area (Å²) >= 11 is 0. The standard InChI is InChI=1S/C17H26N2O2.ClH/c1-14-3-5-16(6-4-14)21-13-17(20)19-11-8-15(9-12-19)7-10-18-2;/h3-6,15,18H,7-13H2,1-2H3;1H. The number of rotatable bonds is 6. The van der Waals surface area contributed by atoms with Crippen LogP contribution >= 0.6 is 12.4 Å². The summed E-state index contributed by atoms with van der Waals surface area (Å²) in [5.74, 6) is 1.61. The van der Waals surface area contributed by atoms with Crippen LogP contribution in [0.25, 0.3) is 0 Å². The minimum Gasteiger partial charge on any atom is -0.484 e. The molecule has 1 fully saturated rings. The van der Waals surface area contributed by atoms with Crippen molar-refractivity contribution in [2.24, 2.45) is 5.92 Å². The predicted octanol–water partition coefficient (Wildman–Crippen LogP) is 2.64. The zero-order chi connectivity index (χ0) is 15.1. The molecule has 5 heteroatoms. The number of halogens is 1. The van der Waals surface area contributed by atoms with Crippen LogP contribution in [-0.4, -0.2) is 44.1 Å². The van der Waals surface area contributed by atoms with Crippen LogP contribution in [0.1, 0.15) is 24.8 Å². The largest absolute Gasteiger partial charge is 0.484 e. The molecular weight excluding hydrogens is 300 g/mol. The molecule has 1 aromatic carbocycles. The van der Waals surface area contributed by atoms with E-state index in [0.29, 0.717) is 0 Å². The quantitative estimate of drug-likeness (QED) is 0.873. The fourth-order valence-corrected chi connectivity index (χ4v) is 2.69. The normalized spacial score (nSPS) is 15.3. The molecule has 0 unspecified atom stereocenters. The molecule has 1 saturated heterocycles. The van der Waals surface area contributed by atoms with Crippen LogP contribution in [0.15, 0.2) is 24.3 Å². The molecule has 1 N–H and O–H groups in total. The summed E-state index contributed by atoms with van der Waals surface area (Å²) in [5, 5.41) is 3.19. The highest BCUT2D eigenvalue weighted by Crippen LogP contribution is 2.20. The molecule has 0 aliphatic carbocycles. The molecule has 0 aromatic heterocycles. The summed E-state index contributed by atoms with van der Waals surface area (Å²) in [4.78, 5) is 14.1. The zero-order valence-corrected chi connectivity index (χ0v) is 14.3. The van der Waals surface area contributed by atoms with Crippen molar-refractivity contribution in [3.8, 4) is 5.75 Å². The second-order valence-corrected chi connectivity index (χ2v) is 5.82. The van der Waals surface area contributed by atoms with E-state index in [1.54, 1.807) is 0 Å². The third kappa shape index (κ3) is 5.85. The van der Waals surface area contributed by atoms with Crippen molar-refractivity contribution in [3.63, 3.8) is 0 Å². The van der Waals surface area contributed by atoms with Gasteiger partial charge in [0.15, 0.2) is 6.61 Å². The summed E-state index contributed by atoms with van der Waals surface area (Å²) < 4.78 is 5.57. The van der Waals surface area contributed by atoms with Crippen molar-refractivity contribution >= 4 is 18.3 Å². The molecule has 0 atom stereocenters. The molecule has 1 aromatic rings. The Labute approximate surface area is 139 Å². The van der Waals surface area contributed by atoms with E-state index >= 15 is 0 Å². The predicted molar refractivity (Wildman–Crippen MR) is 91.8 cm³/mol. The molecule has 124 valence electrons. The number of nitrogens with one attached hydrogen (secondary N) is 1. The van der Waals surface area contributed by atoms with E-state index in [4.69, 9.17) is 4.74 Å². The van der Waals surface area contributed by atoms with Crippen LogP contribution in [0.3, 0.4) is 0 Å². The summed E-state index contributed by atoms with van der Waals surface area (Å²) in [6.07, 6.45) is 3.42. The van der Waals surface area contributed by atoms with Gasteiger partial charge in [0.2, 0.25) is 0 Å². The number of amides is 1. The summed E-state index contributed by atoms with van der Waals surface area (Å²) in [7, 11) is 1.99. The Hall–Kier alpha value is -1.26. The Bertz CT molecular complexity index is 442. The Balaban J connectivity index is 0.00000242. The van der Waals surface area contributed by atoms with Gasteiger partial charge in [-0.1, -0.05) is 17.7 Å². The van der Waals surface area contributed by atoms with E-state index in [1.807, 2.05) is 43.1 Å². The van der Waals surface area contributed by atoms with Gasteiger partial charge in [0.1, 0.15) is 5.75 Å². The second-order valence-electron chi connectivity index (χ2n) is 5.82. The monoisotopic (exact) mass is 326 g/mol. The van der Waals surface area contributed by atoms with Crippen LogP contribution < -0.4 is 10.1 Å². The first-order valence-corrected chi connectivity index (χ1v) is 7.81. The summed E-state index contributed by atoms with van der Waals surface area (Å²) in [5.41, 5.74) is 1.19. The Morgan fingerprint density at radius 3 is 2.50 bits per heavy atom. The van der Waals surface area contributed by atoms with Gasteiger partial charge >= 0.3 is 0 Å². The van der Waals surface area contributed by atoms with Crippen LogP contribution in [0.4, 0.5) is 0 Å². The average molecular weight is 327 g/mol. The highest BCUT2D eigenvalue weighted by Gasteiger charge is 2.22. The van der Waals surface area contributed by atoms with Crippen molar-refractivity contribution in [2.75, 3.05) is 33.3 Å². The second kappa shape index (κ2) is 9.70. The molecule has 1 heterocycles. The first-order valence-electron chi connectivity index (χ1n) is 7.81. The molecule has 4 nitrogen and oxygen atoms in total. The molecular formula is C17H27ClN2O2. The smallest absolute Gasteiger partial charge is 0.260 e. The molecule has 0 spiro atoms. The number of likely N-dealkylation sites (tertiary alicyclic amines) is 1. The average Bonchev–Trinajstić information content (AvgIpc) is 2.52. The van der Waals surface area contributed by atoms with Gasteiger partial charge in [0.05, 0.1) is 0 Å². The number of carbonyl (C=O) groups is 1. The van der Waals surface area contributed by atoms with E-state index in [2.05, 4.69) is 5.32 Å². The minimum absolute atomic E-state index is 0. The van der Waals surface area contributed by atoms with Crippen molar-refractivity contribution < 1.29 is 9.53 Å². The van der Waals surface area contributed by atoms with Crippen LogP contribution in [0.2, 0.25) is 0 Å². The van der Waals surface area contributed by atoms with E-state index < -0.39 is 0 Å². The Morgan fingerprint density at radius 2 is 1.91 bits per heavy atom. The molecule has 1 aliphatic heterocycles. The van der Waals surface area contributed by atoms with E-state index in [1.165, 1.54) is 12.0 Å². The van der Waals surface area contributed by atoms with E-state index in [0.717, 1.165) is 44.1 Å². The number of carbonyl (C=O) groups excluding carboxylic acids is 1. The van der Waals surface area contributed by atoms with Gasteiger partial charge in [-0.2, -0.15) is 0 Å². The van der Waals surface area contributed by atoms with Gasteiger partial charge in [0, 0.05) is 13.1 Å². The number of hydrogen-bond donors (Lipinski definition) is 1. The lowest BCUT2D eigenvalue weighted by Gasteiger charge is -2.32. The molecule has 1 amide bonds. The van der Waals surface area contributed by atoms with Crippen molar-refractivity contribution in [1.82, 2.24) is 10.2 Å². The molecule has 1 aliphatic rings. The summed E-state index contributed by atoms with van der Waals surface area (Å²) in [6.45, 7) is 4.97. The molecule has 22 heavy (non-hydrogen) atoms. The van der Waals surface area contributed by atoms with Crippen LogP contribution in [-0.2, 0) is 4.79 Å². The third-order valence-corrected chi connectivity index (χ3v) is 4.15. The number of nitrogens with zero attached hydrogens (tertiary/aromatic N) is 1. The molecule has 2 rings (SSSR count). The maximum Gasteiger partial charge on any atom is 0.260 e. The van der Waals surface area contributed by atoms with Gasteiger partial charge in [0.25, 0.3) is 5.91 Å². The number of ether oxygens (including phenoxy) is 1. The van der Waals surface area contributed by atoms with E-state index in [-0.39, 0.29) is 24.9 Å². The van der Waals surface area contributed by atoms with Crippen molar-refractivity contribution in [3.05, 3.63) is 29.8 Å². The molecule has 0 radical (unpaired) electrons.